The van der Waals surface area contributed by atoms with Gasteiger partial charge in [-0.15, -0.1) is 0 Å². The Morgan fingerprint density at radius 2 is 1.89 bits per heavy atom. The van der Waals surface area contributed by atoms with Crippen molar-refractivity contribution in [3.05, 3.63) is 52.0 Å². The summed E-state index contributed by atoms with van der Waals surface area (Å²) in [5.41, 5.74) is 1.91. The van der Waals surface area contributed by atoms with Crippen LogP contribution in [-0.4, -0.2) is 26.0 Å². The molecule has 3 rings (SSSR count). The summed E-state index contributed by atoms with van der Waals surface area (Å²) >= 11 is 6.13. The minimum atomic E-state index is -0.472. The van der Waals surface area contributed by atoms with E-state index in [1.165, 1.54) is 0 Å². The molecule has 1 heterocycles. The molecule has 2 aromatic rings. The highest BCUT2D eigenvalue weighted by molar-refractivity contribution is 6.30. The second kappa shape index (κ2) is 8.97. The van der Waals surface area contributed by atoms with E-state index in [0.717, 1.165) is 5.56 Å². The maximum absolute atomic E-state index is 12.5. The lowest BCUT2D eigenvalue weighted by Crippen LogP contribution is -2.14. The summed E-state index contributed by atoms with van der Waals surface area (Å²) in [5, 5.41) is 0.536. The van der Waals surface area contributed by atoms with Crippen molar-refractivity contribution in [2.45, 2.75) is 27.1 Å². The van der Waals surface area contributed by atoms with Crippen LogP contribution in [0.4, 0.5) is 0 Å². The topological polar surface area (TPSA) is 63.2 Å². The molecule has 144 valence electrons. The van der Waals surface area contributed by atoms with E-state index < -0.39 is 5.97 Å². The zero-order chi connectivity index (χ0) is 19.2. The number of hydrogen-bond donors (Lipinski definition) is 0. The summed E-state index contributed by atoms with van der Waals surface area (Å²) in [4.78, 5) is 12.5. The summed E-state index contributed by atoms with van der Waals surface area (Å²) in [7, 11) is 0. The van der Waals surface area contributed by atoms with Crippen molar-refractivity contribution >= 4 is 17.6 Å². The zero-order valence-electron chi connectivity index (χ0n) is 15.2. The largest absolute Gasteiger partial charge is 0.490 e. The number of carbonyl (C=O) groups excluding carboxylic acids is 1. The van der Waals surface area contributed by atoms with E-state index in [0.29, 0.717) is 53.2 Å². The quantitative estimate of drug-likeness (QED) is 0.652. The summed E-state index contributed by atoms with van der Waals surface area (Å²) in [6, 6.07) is 8.47. The number of halogens is 1. The first-order valence-corrected chi connectivity index (χ1v) is 9.08. The number of hydrogen-bond acceptors (Lipinski definition) is 6. The Balaban J connectivity index is 1.75. The molecule has 0 fully saturated rings. The van der Waals surface area contributed by atoms with E-state index in [2.05, 4.69) is 0 Å². The molecule has 0 spiro atoms. The van der Waals surface area contributed by atoms with Gasteiger partial charge in [-0.1, -0.05) is 11.6 Å². The van der Waals surface area contributed by atoms with E-state index >= 15 is 0 Å². The van der Waals surface area contributed by atoms with Crippen LogP contribution in [0.15, 0.2) is 30.3 Å². The number of fused-ring (bicyclic) bond motifs is 1. The van der Waals surface area contributed by atoms with Crippen LogP contribution in [0.5, 0.6) is 17.2 Å². The first-order chi connectivity index (χ1) is 13.1. The Hall–Kier alpha value is -2.44. The molecule has 0 aromatic heterocycles. The van der Waals surface area contributed by atoms with Gasteiger partial charge < -0.3 is 23.7 Å². The fourth-order valence-electron chi connectivity index (χ4n) is 2.77. The Kier molecular flexibility index (Phi) is 6.42. The molecule has 0 atom stereocenters. The van der Waals surface area contributed by atoms with Crippen molar-refractivity contribution in [3.8, 4) is 17.2 Å². The van der Waals surface area contributed by atoms with Gasteiger partial charge in [0.15, 0.2) is 18.3 Å². The van der Waals surface area contributed by atoms with Crippen LogP contribution < -0.4 is 14.2 Å². The van der Waals surface area contributed by atoms with Crippen LogP contribution >= 0.6 is 11.6 Å². The predicted octanol–water partition coefficient (Wildman–Crippen LogP) is 4.36. The highest BCUT2D eigenvalue weighted by Gasteiger charge is 2.19. The predicted molar refractivity (Wildman–Crippen MR) is 99.6 cm³/mol. The first kappa shape index (κ1) is 19.3. The SMILES string of the molecule is CCOc1ccc(C(=O)OCc2cc(Cl)cc3c2OCOC3)cc1OCC. The van der Waals surface area contributed by atoms with E-state index in [1.54, 1.807) is 30.3 Å². The number of benzene rings is 2. The Labute approximate surface area is 162 Å². The molecule has 1 aliphatic heterocycles. The number of esters is 1. The third-order valence-corrected chi connectivity index (χ3v) is 4.11. The van der Waals surface area contributed by atoms with Crippen LogP contribution in [0.25, 0.3) is 0 Å². The van der Waals surface area contributed by atoms with Crippen molar-refractivity contribution < 1.29 is 28.5 Å². The molecular formula is C20H21ClO6. The molecular weight excluding hydrogens is 372 g/mol. The minimum Gasteiger partial charge on any atom is -0.490 e. The van der Waals surface area contributed by atoms with Crippen LogP contribution in [0, 0.1) is 0 Å². The molecule has 27 heavy (non-hydrogen) atoms. The third kappa shape index (κ3) is 4.64. The Morgan fingerprint density at radius 3 is 2.67 bits per heavy atom. The van der Waals surface area contributed by atoms with Crippen LogP contribution in [-0.2, 0) is 22.7 Å². The van der Waals surface area contributed by atoms with Gasteiger partial charge in [-0.25, -0.2) is 4.79 Å². The van der Waals surface area contributed by atoms with Gasteiger partial charge in [0.1, 0.15) is 12.4 Å². The normalized spacial score (nSPS) is 12.7. The highest BCUT2D eigenvalue weighted by atomic mass is 35.5. The molecule has 0 bridgehead atoms. The summed E-state index contributed by atoms with van der Waals surface area (Å²) < 4.78 is 27.3. The summed E-state index contributed by atoms with van der Waals surface area (Å²) in [5.74, 6) is 1.28. The molecule has 0 aliphatic carbocycles. The highest BCUT2D eigenvalue weighted by Crippen LogP contribution is 2.33. The summed E-state index contributed by atoms with van der Waals surface area (Å²) in [6.45, 7) is 5.34. The van der Waals surface area contributed by atoms with Crippen LogP contribution in [0.3, 0.4) is 0 Å². The lowest BCUT2D eigenvalue weighted by atomic mass is 10.1. The smallest absolute Gasteiger partial charge is 0.338 e. The molecule has 2 aromatic carbocycles. The van der Waals surface area contributed by atoms with Crippen molar-refractivity contribution in [3.63, 3.8) is 0 Å². The maximum atomic E-state index is 12.5. The zero-order valence-corrected chi connectivity index (χ0v) is 16.0. The fourth-order valence-corrected chi connectivity index (χ4v) is 3.03. The molecule has 0 N–H and O–H groups in total. The fraction of sp³-hybridized carbons (Fsp3) is 0.350. The molecule has 7 heteroatoms. The molecule has 0 saturated heterocycles. The van der Waals surface area contributed by atoms with Gasteiger partial charge >= 0.3 is 5.97 Å². The van der Waals surface area contributed by atoms with Gasteiger partial charge in [0, 0.05) is 16.1 Å². The maximum Gasteiger partial charge on any atom is 0.338 e. The second-order valence-electron chi connectivity index (χ2n) is 5.77. The van der Waals surface area contributed by atoms with Crippen molar-refractivity contribution in [2.75, 3.05) is 20.0 Å². The van der Waals surface area contributed by atoms with Gasteiger partial charge in [-0.05, 0) is 44.2 Å². The lowest BCUT2D eigenvalue weighted by Gasteiger charge is -2.21. The Morgan fingerprint density at radius 1 is 1.11 bits per heavy atom. The van der Waals surface area contributed by atoms with E-state index in [1.807, 2.05) is 13.8 Å². The molecule has 1 aliphatic rings. The van der Waals surface area contributed by atoms with Gasteiger partial charge in [0.2, 0.25) is 0 Å². The average molecular weight is 393 g/mol. The minimum absolute atomic E-state index is 0.0406. The number of carbonyl (C=O) groups is 1. The van der Waals surface area contributed by atoms with Crippen molar-refractivity contribution in [1.29, 1.82) is 0 Å². The van der Waals surface area contributed by atoms with E-state index in [-0.39, 0.29) is 13.4 Å². The molecule has 0 unspecified atom stereocenters. The molecule has 0 amide bonds. The van der Waals surface area contributed by atoms with Gasteiger partial charge in [-0.2, -0.15) is 0 Å². The lowest BCUT2D eigenvalue weighted by molar-refractivity contribution is -0.0180. The number of rotatable bonds is 7. The van der Waals surface area contributed by atoms with Gasteiger partial charge in [0.25, 0.3) is 0 Å². The van der Waals surface area contributed by atoms with E-state index in [9.17, 15) is 4.79 Å². The number of ether oxygens (including phenoxy) is 5. The molecule has 6 nitrogen and oxygen atoms in total. The van der Waals surface area contributed by atoms with Gasteiger partial charge in [0.05, 0.1) is 25.4 Å². The summed E-state index contributed by atoms with van der Waals surface area (Å²) in [6.07, 6.45) is 0. The third-order valence-electron chi connectivity index (χ3n) is 3.89. The van der Waals surface area contributed by atoms with Crippen molar-refractivity contribution in [2.24, 2.45) is 0 Å². The monoisotopic (exact) mass is 392 g/mol. The van der Waals surface area contributed by atoms with Crippen LogP contribution in [0.1, 0.15) is 35.3 Å². The average Bonchev–Trinajstić information content (AvgIpc) is 2.67. The molecule has 0 radical (unpaired) electrons. The van der Waals surface area contributed by atoms with Crippen LogP contribution in [0.2, 0.25) is 5.02 Å². The van der Waals surface area contributed by atoms with Crippen molar-refractivity contribution in [1.82, 2.24) is 0 Å². The first-order valence-electron chi connectivity index (χ1n) is 8.71. The second-order valence-corrected chi connectivity index (χ2v) is 6.20. The van der Waals surface area contributed by atoms with Gasteiger partial charge in [-0.3, -0.25) is 0 Å². The Bertz CT molecular complexity index is 820. The standard InChI is InChI=1S/C20H21ClO6/c1-3-24-17-6-5-13(9-18(17)25-4-2)20(22)26-11-15-8-16(21)7-14-10-23-12-27-19(14)15/h5-9H,3-4,10-12H2,1-2H3. The van der Waals surface area contributed by atoms with E-state index in [4.69, 9.17) is 35.3 Å². The molecule has 0 saturated carbocycles.